The van der Waals surface area contributed by atoms with Gasteiger partial charge >= 0.3 is 0 Å². The highest BCUT2D eigenvalue weighted by molar-refractivity contribution is 5.96. The maximum absolute atomic E-state index is 13.2. The standard InChI is InChI=1S/C24H29N7O4/c1-4-30-20(7-9-26-30)22(32)25-12-19-21-13-35-24(15-31(21)28-27-19)8-10-29(14-24)23(33)18-6-5-17(34-3)11-16(18)2/h5-7,9,11H,4,8,10,12-15H2,1-3H3,(H,25,32). The van der Waals surface area contributed by atoms with Crippen LogP contribution in [0.1, 0.15) is 51.1 Å². The molecule has 2 amide bonds. The van der Waals surface area contributed by atoms with E-state index in [9.17, 15) is 9.59 Å². The first-order valence-corrected chi connectivity index (χ1v) is 11.7. The van der Waals surface area contributed by atoms with E-state index in [-0.39, 0.29) is 18.4 Å². The molecule has 0 bridgehead atoms. The Balaban J connectivity index is 1.23. The van der Waals surface area contributed by atoms with Crippen LogP contribution in [0.5, 0.6) is 5.75 Å². The predicted octanol–water partition coefficient (Wildman–Crippen LogP) is 1.56. The summed E-state index contributed by atoms with van der Waals surface area (Å²) in [5, 5.41) is 15.6. The summed E-state index contributed by atoms with van der Waals surface area (Å²) in [6, 6.07) is 7.18. The van der Waals surface area contributed by atoms with Crippen LogP contribution in [0.25, 0.3) is 0 Å². The molecular formula is C24H29N7O4. The van der Waals surface area contributed by atoms with Crippen LogP contribution in [0, 0.1) is 6.92 Å². The number of carbonyl (C=O) groups excluding carboxylic acids is 2. The first-order chi connectivity index (χ1) is 16.9. The number of amides is 2. The van der Waals surface area contributed by atoms with Crippen LogP contribution in [0.15, 0.2) is 30.5 Å². The van der Waals surface area contributed by atoms with Gasteiger partial charge in [0, 0.05) is 24.8 Å². The number of hydrogen-bond donors (Lipinski definition) is 1. The minimum absolute atomic E-state index is 0.00950. The van der Waals surface area contributed by atoms with E-state index in [4.69, 9.17) is 9.47 Å². The summed E-state index contributed by atoms with van der Waals surface area (Å²) in [6.45, 7) is 6.66. The molecule has 5 rings (SSSR count). The van der Waals surface area contributed by atoms with Crippen LogP contribution >= 0.6 is 0 Å². The average molecular weight is 480 g/mol. The second kappa shape index (κ2) is 9.14. The lowest BCUT2D eigenvalue weighted by Gasteiger charge is -2.34. The quantitative estimate of drug-likeness (QED) is 0.570. The van der Waals surface area contributed by atoms with Gasteiger partial charge in [-0.1, -0.05) is 5.21 Å². The number of nitrogens with zero attached hydrogens (tertiary/aromatic N) is 6. The molecule has 11 heteroatoms. The summed E-state index contributed by atoms with van der Waals surface area (Å²) in [4.78, 5) is 27.6. The first kappa shape index (κ1) is 23.0. The molecule has 4 heterocycles. The average Bonchev–Trinajstić information content (AvgIpc) is 3.60. The Morgan fingerprint density at radius 1 is 1.26 bits per heavy atom. The Kier molecular flexibility index (Phi) is 6.01. The smallest absolute Gasteiger partial charge is 0.269 e. The molecule has 11 nitrogen and oxygen atoms in total. The number of aromatic nitrogens is 5. The number of likely N-dealkylation sites (tertiary alicyclic amines) is 1. The van der Waals surface area contributed by atoms with Gasteiger partial charge in [0.2, 0.25) is 0 Å². The Bertz CT molecular complexity index is 1270. The number of fused-ring (bicyclic) bond motifs is 1. The zero-order valence-electron chi connectivity index (χ0n) is 20.2. The summed E-state index contributed by atoms with van der Waals surface area (Å²) >= 11 is 0. The zero-order chi connectivity index (χ0) is 24.6. The number of ether oxygens (including phenoxy) is 2. The molecule has 2 aliphatic heterocycles. The molecule has 0 saturated carbocycles. The number of methoxy groups -OCH3 is 1. The highest BCUT2D eigenvalue weighted by atomic mass is 16.5. The minimum Gasteiger partial charge on any atom is -0.497 e. The van der Waals surface area contributed by atoms with Crippen molar-refractivity contribution in [2.45, 2.75) is 52.1 Å². The van der Waals surface area contributed by atoms with Crippen molar-refractivity contribution in [3.8, 4) is 5.75 Å². The molecule has 184 valence electrons. The van der Waals surface area contributed by atoms with Crippen molar-refractivity contribution in [3.63, 3.8) is 0 Å². The van der Waals surface area contributed by atoms with E-state index in [1.54, 1.807) is 30.1 Å². The first-order valence-electron chi connectivity index (χ1n) is 11.7. The molecule has 1 atom stereocenters. The lowest BCUT2D eigenvalue weighted by molar-refractivity contribution is -0.0828. The summed E-state index contributed by atoms with van der Waals surface area (Å²) < 4.78 is 15.0. The van der Waals surface area contributed by atoms with Gasteiger partial charge in [-0.3, -0.25) is 14.3 Å². The van der Waals surface area contributed by atoms with Crippen molar-refractivity contribution < 1.29 is 19.1 Å². The van der Waals surface area contributed by atoms with Gasteiger partial charge in [-0.2, -0.15) is 5.10 Å². The summed E-state index contributed by atoms with van der Waals surface area (Å²) in [5.74, 6) is 0.511. The van der Waals surface area contributed by atoms with Crippen LogP contribution in [0.3, 0.4) is 0 Å². The second-order valence-corrected chi connectivity index (χ2v) is 8.98. The van der Waals surface area contributed by atoms with Gasteiger partial charge in [0.15, 0.2) is 0 Å². The SMILES string of the molecule is CCn1nccc1C(=O)NCc1nnn2c1COC1(CCN(C(=O)c3ccc(OC)cc3C)C1)C2. The molecule has 1 unspecified atom stereocenters. The molecule has 1 spiro atoms. The molecule has 2 aliphatic rings. The molecule has 1 saturated heterocycles. The third-order valence-electron chi connectivity index (χ3n) is 6.80. The van der Waals surface area contributed by atoms with Gasteiger partial charge in [0.05, 0.1) is 39.0 Å². The van der Waals surface area contributed by atoms with Gasteiger partial charge in [-0.05, 0) is 50.1 Å². The Morgan fingerprint density at radius 2 is 2.11 bits per heavy atom. The summed E-state index contributed by atoms with van der Waals surface area (Å²) in [5.41, 5.74) is 3.08. The molecule has 1 N–H and O–H groups in total. The normalized spacial score (nSPS) is 19.1. The van der Waals surface area contributed by atoms with E-state index in [1.807, 2.05) is 35.6 Å². The third kappa shape index (κ3) is 4.27. The van der Waals surface area contributed by atoms with E-state index in [0.29, 0.717) is 49.7 Å². The van der Waals surface area contributed by atoms with Gasteiger partial charge in [0.25, 0.3) is 11.8 Å². The van der Waals surface area contributed by atoms with Crippen LogP contribution < -0.4 is 10.1 Å². The van der Waals surface area contributed by atoms with Gasteiger partial charge in [-0.25, -0.2) is 4.68 Å². The molecule has 0 aliphatic carbocycles. The highest BCUT2D eigenvalue weighted by Crippen LogP contribution is 2.34. The number of nitrogens with one attached hydrogen (secondary N) is 1. The van der Waals surface area contributed by atoms with Gasteiger partial charge in [0.1, 0.15) is 22.7 Å². The number of benzene rings is 1. The van der Waals surface area contributed by atoms with Crippen molar-refractivity contribution in [1.29, 1.82) is 0 Å². The summed E-state index contributed by atoms with van der Waals surface area (Å²) in [6.07, 6.45) is 2.33. The fraction of sp³-hybridized carbons (Fsp3) is 0.458. The number of rotatable bonds is 6. The molecule has 1 fully saturated rings. The number of aryl methyl sites for hydroxylation is 2. The van der Waals surface area contributed by atoms with E-state index in [1.165, 1.54) is 0 Å². The fourth-order valence-electron chi connectivity index (χ4n) is 4.80. The van der Waals surface area contributed by atoms with Crippen molar-refractivity contribution in [2.75, 3.05) is 20.2 Å². The third-order valence-corrected chi connectivity index (χ3v) is 6.80. The van der Waals surface area contributed by atoms with Crippen LogP contribution in [-0.2, 0) is 31.0 Å². The minimum atomic E-state index is -0.495. The molecular weight excluding hydrogens is 450 g/mol. The Labute approximate surface area is 203 Å². The van der Waals surface area contributed by atoms with Crippen molar-refractivity contribution in [2.24, 2.45) is 0 Å². The van der Waals surface area contributed by atoms with E-state index in [0.717, 1.165) is 23.4 Å². The highest BCUT2D eigenvalue weighted by Gasteiger charge is 2.45. The molecule has 1 aromatic carbocycles. The van der Waals surface area contributed by atoms with Crippen molar-refractivity contribution in [1.82, 2.24) is 35.0 Å². The van der Waals surface area contributed by atoms with E-state index < -0.39 is 5.60 Å². The van der Waals surface area contributed by atoms with Gasteiger partial charge < -0.3 is 19.7 Å². The largest absolute Gasteiger partial charge is 0.497 e. The number of hydrogen-bond acceptors (Lipinski definition) is 7. The van der Waals surface area contributed by atoms with E-state index in [2.05, 4.69) is 20.7 Å². The Hall–Kier alpha value is -3.73. The maximum Gasteiger partial charge on any atom is 0.269 e. The van der Waals surface area contributed by atoms with Crippen molar-refractivity contribution >= 4 is 11.8 Å². The molecule has 35 heavy (non-hydrogen) atoms. The van der Waals surface area contributed by atoms with Gasteiger partial charge in [-0.15, -0.1) is 5.10 Å². The Morgan fingerprint density at radius 3 is 2.89 bits per heavy atom. The lowest BCUT2D eigenvalue weighted by atomic mass is 10.0. The van der Waals surface area contributed by atoms with Crippen molar-refractivity contribution in [3.05, 3.63) is 58.7 Å². The maximum atomic E-state index is 13.2. The predicted molar refractivity (Wildman–Crippen MR) is 125 cm³/mol. The lowest BCUT2D eigenvalue weighted by Crippen LogP contribution is -2.45. The molecule has 3 aromatic rings. The summed E-state index contributed by atoms with van der Waals surface area (Å²) in [7, 11) is 1.61. The zero-order valence-corrected chi connectivity index (χ0v) is 20.2. The van der Waals surface area contributed by atoms with Crippen LogP contribution in [0.4, 0.5) is 0 Å². The van der Waals surface area contributed by atoms with Crippen LogP contribution in [0.2, 0.25) is 0 Å². The van der Waals surface area contributed by atoms with Crippen LogP contribution in [-0.4, -0.2) is 67.3 Å². The van der Waals surface area contributed by atoms with E-state index >= 15 is 0 Å². The molecule has 0 radical (unpaired) electrons. The number of carbonyl (C=O) groups is 2. The molecule has 2 aromatic heterocycles. The second-order valence-electron chi connectivity index (χ2n) is 8.98. The monoisotopic (exact) mass is 479 g/mol. The topological polar surface area (TPSA) is 116 Å². The fourth-order valence-corrected chi connectivity index (χ4v) is 4.80.